The van der Waals surface area contributed by atoms with E-state index in [0.29, 0.717) is 9.47 Å². The summed E-state index contributed by atoms with van der Waals surface area (Å²) in [7, 11) is -3.00. The average molecular weight is 297 g/mol. The van der Waals surface area contributed by atoms with Crippen molar-refractivity contribution in [3.8, 4) is 0 Å². The molecule has 0 saturated carbocycles. The molecule has 0 saturated heterocycles. The number of aromatic nitrogens is 2. The van der Waals surface area contributed by atoms with E-state index in [1.165, 1.54) is 11.3 Å². The molecule has 0 unspecified atom stereocenters. The number of nitrogens with one attached hydrogen (secondary N) is 1. The highest BCUT2D eigenvalue weighted by molar-refractivity contribution is 8.01. The third kappa shape index (κ3) is 6.44. The average Bonchev–Trinajstić information content (AvgIpc) is 2.61. The SMILES string of the molecule is CS(=O)(=O)CCNc1nnc(SCC(=O)O)s1. The van der Waals surface area contributed by atoms with Gasteiger partial charge >= 0.3 is 5.97 Å². The summed E-state index contributed by atoms with van der Waals surface area (Å²) in [5, 5.41) is 19.3. The lowest BCUT2D eigenvalue weighted by atomic mass is 10.7. The molecule has 0 bridgehead atoms. The molecule has 2 N–H and O–H groups in total. The van der Waals surface area contributed by atoms with Gasteiger partial charge in [-0.15, -0.1) is 10.2 Å². The topological polar surface area (TPSA) is 109 Å². The Morgan fingerprint density at radius 2 is 2.24 bits per heavy atom. The number of nitrogens with zero attached hydrogens (tertiary/aromatic N) is 2. The molecule has 10 heteroatoms. The van der Waals surface area contributed by atoms with Gasteiger partial charge in [0.25, 0.3) is 0 Å². The van der Waals surface area contributed by atoms with E-state index in [1.807, 2.05) is 0 Å². The Bertz CT molecular complexity index is 484. The second-order valence-corrected chi connectivity index (χ2v) is 7.57. The van der Waals surface area contributed by atoms with Crippen LogP contribution in [-0.4, -0.2) is 54.0 Å². The van der Waals surface area contributed by atoms with Crippen molar-refractivity contribution in [1.29, 1.82) is 0 Å². The van der Waals surface area contributed by atoms with Crippen LogP contribution in [0.5, 0.6) is 0 Å². The number of thioether (sulfide) groups is 1. The maximum absolute atomic E-state index is 10.9. The van der Waals surface area contributed by atoms with Crippen molar-refractivity contribution in [2.45, 2.75) is 4.34 Å². The van der Waals surface area contributed by atoms with E-state index in [9.17, 15) is 13.2 Å². The van der Waals surface area contributed by atoms with Gasteiger partial charge in [-0.2, -0.15) is 0 Å². The number of aliphatic carboxylic acids is 1. The van der Waals surface area contributed by atoms with E-state index in [4.69, 9.17) is 5.11 Å². The zero-order valence-electron chi connectivity index (χ0n) is 8.91. The Morgan fingerprint density at radius 1 is 1.53 bits per heavy atom. The summed E-state index contributed by atoms with van der Waals surface area (Å²) in [5.41, 5.74) is 0. The Hall–Kier alpha value is -0.870. The number of hydrogen-bond acceptors (Lipinski definition) is 8. The molecule has 0 atom stereocenters. The van der Waals surface area contributed by atoms with Crippen LogP contribution in [0.2, 0.25) is 0 Å². The number of carbonyl (C=O) groups is 1. The Labute approximate surface area is 107 Å². The van der Waals surface area contributed by atoms with Crippen LogP contribution >= 0.6 is 23.1 Å². The number of carboxylic acid groups (broad SMARTS) is 1. The lowest BCUT2D eigenvalue weighted by Gasteiger charge is -1.98. The lowest BCUT2D eigenvalue weighted by Crippen LogP contribution is -2.13. The minimum atomic E-state index is -3.00. The minimum Gasteiger partial charge on any atom is -0.481 e. The molecule has 1 heterocycles. The van der Waals surface area contributed by atoms with Gasteiger partial charge in [0.1, 0.15) is 9.84 Å². The second kappa shape index (κ2) is 6.17. The number of sulfone groups is 1. The summed E-state index contributed by atoms with van der Waals surface area (Å²) in [6.45, 7) is 0.261. The normalized spacial score (nSPS) is 11.4. The van der Waals surface area contributed by atoms with Crippen LogP contribution in [0.1, 0.15) is 0 Å². The van der Waals surface area contributed by atoms with Crippen LogP contribution in [0.15, 0.2) is 4.34 Å². The van der Waals surface area contributed by atoms with Crippen LogP contribution in [0.3, 0.4) is 0 Å². The molecule has 0 fully saturated rings. The molecule has 0 radical (unpaired) electrons. The van der Waals surface area contributed by atoms with Gasteiger partial charge in [0.15, 0.2) is 4.34 Å². The van der Waals surface area contributed by atoms with Crippen molar-refractivity contribution in [2.24, 2.45) is 0 Å². The van der Waals surface area contributed by atoms with Crippen LogP contribution in [0.25, 0.3) is 0 Å². The molecular formula is C7H11N3O4S3. The first-order valence-corrected chi connectivity index (χ1v) is 8.33. The van der Waals surface area contributed by atoms with Crippen molar-refractivity contribution in [3.63, 3.8) is 0 Å². The molecular weight excluding hydrogens is 286 g/mol. The van der Waals surface area contributed by atoms with Crippen molar-refractivity contribution >= 4 is 44.0 Å². The fourth-order valence-electron chi connectivity index (χ4n) is 0.806. The van der Waals surface area contributed by atoms with E-state index in [0.717, 1.165) is 18.0 Å². The Balaban J connectivity index is 2.38. The van der Waals surface area contributed by atoms with Gasteiger partial charge in [-0.3, -0.25) is 4.79 Å². The highest BCUT2D eigenvalue weighted by Crippen LogP contribution is 2.24. The lowest BCUT2D eigenvalue weighted by molar-refractivity contribution is -0.133. The summed E-state index contributed by atoms with van der Waals surface area (Å²) < 4.78 is 22.3. The van der Waals surface area contributed by atoms with Crippen molar-refractivity contribution in [2.75, 3.05) is 29.6 Å². The standard InChI is InChI=1S/C7H11N3O4S3/c1-17(13,14)3-2-8-6-9-10-7(16-6)15-4-5(11)12/h2-4H2,1H3,(H,8,9)(H,11,12). The first kappa shape index (κ1) is 14.2. The highest BCUT2D eigenvalue weighted by atomic mass is 32.2. The fraction of sp³-hybridized carbons (Fsp3) is 0.571. The summed E-state index contributed by atoms with van der Waals surface area (Å²) >= 11 is 2.27. The molecule has 0 aromatic carbocycles. The first-order chi connectivity index (χ1) is 7.87. The van der Waals surface area contributed by atoms with Crippen LogP contribution in [0, 0.1) is 0 Å². The predicted octanol–water partition coefficient (Wildman–Crippen LogP) is 0.171. The maximum atomic E-state index is 10.9. The first-order valence-electron chi connectivity index (χ1n) is 4.46. The molecule has 1 aromatic rings. The quantitative estimate of drug-likeness (QED) is 0.686. The molecule has 1 aromatic heterocycles. The van der Waals surface area contributed by atoms with E-state index in [1.54, 1.807) is 0 Å². The van der Waals surface area contributed by atoms with Gasteiger partial charge in [-0.1, -0.05) is 23.1 Å². The highest BCUT2D eigenvalue weighted by Gasteiger charge is 2.07. The van der Waals surface area contributed by atoms with Crippen LogP contribution < -0.4 is 5.32 Å². The smallest absolute Gasteiger partial charge is 0.313 e. The van der Waals surface area contributed by atoms with Gasteiger partial charge in [0.05, 0.1) is 11.5 Å². The van der Waals surface area contributed by atoms with Crippen molar-refractivity contribution in [3.05, 3.63) is 0 Å². The van der Waals surface area contributed by atoms with E-state index < -0.39 is 15.8 Å². The molecule has 96 valence electrons. The summed E-state index contributed by atoms with van der Waals surface area (Å²) in [6, 6.07) is 0. The summed E-state index contributed by atoms with van der Waals surface area (Å²) in [5.74, 6) is -0.973. The predicted molar refractivity (Wildman–Crippen MR) is 66.5 cm³/mol. The van der Waals surface area contributed by atoms with Crippen molar-refractivity contribution < 1.29 is 18.3 Å². The van der Waals surface area contributed by atoms with E-state index >= 15 is 0 Å². The maximum Gasteiger partial charge on any atom is 0.313 e. The van der Waals surface area contributed by atoms with E-state index in [-0.39, 0.29) is 18.1 Å². The molecule has 17 heavy (non-hydrogen) atoms. The monoisotopic (exact) mass is 297 g/mol. The van der Waals surface area contributed by atoms with Gasteiger partial charge in [0.2, 0.25) is 5.13 Å². The number of rotatable bonds is 7. The molecule has 7 nitrogen and oxygen atoms in total. The van der Waals surface area contributed by atoms with Crippen molar-refractivity contribution in [1.82, 2.24) is 10.2 Å². The molecule has 1 rings (SSSR count). The summed E-state index contributed by atoms with van der Waals surface area (Å²) in [6.07, 6.45) is 1.16. The number of anilines is 1. The van der Waals surface area contributed by atoms with Gasteiger partial charge in [-0.25, -0.2) is 8.42 Å². The molecule has 0 aliphatic rings. The largest absolute Gasteiger partial charge is 0.481 e. The minimum absolute atomic E-state index is 0.0180. The number of carboxylic acids is 1. The van der Waals surface area contributed by atoms with Crippen LogP contribution in [-0.2, 0) is 14.6 Å². The second-order valence-electron chi connectivity index (χ2n) is 3.11. The summed E-state index contributed by atoms with van der Waals surface area (Å²) in [4.78, 5) is 10.3. The zero-order valence-corrected chi connectivity index (χ0v) is 11.4. The van der Waals surface area contributed by atoms with Crippen LogP contribution in [0.4, 0.5) is 5.13 Å². The zero-order chi connectivity index (χ0) is 12.9. The third-order valence-corrected chi connectivity index (χ3v) is 4.42. The Kier molecular flexibility index (Phi) is 5.15. The van der Waals surface area contributed by atoms with Gasteiger partial charge in [-0.05, 0) is 0 Å². The third-order valence-electron chi connectivity index (χ3n) is 1.47. The molecule has 0 amide bonds. The molecule has 0 aliphatic heterocycles. The van der Waals surface area contributed by atoms with E-state index in [2.05, 4.69) is 15.5 Å². The molecule has 0 aliphatic carbocycles. The Morgan fingerprint density at radius 3 is 2.82 bits per heavy atom. The number of hydrogen-bond donors (Lipinski definition) is 2. The van der Waals surface area contributed by atoms with Gasteiger partial charge in [0, 0.05) is 12.8 Å². The fourth-order valence-corrected chi connectivity index (χ4v) is 2.78. The molecule has 0 spiro atoms. The van der Waals surface area contributed by atoms with Gasteiger partial charge < -0.3 is 10.4 Å².